The Morgan fingerprint density at radius 3 is 2.79 bits per heavy atom. The molecule has 1 atom stereocenters. The van der Waals surface area contributed by atoms with E-state index in [1.165, 1.54) is 16.8 Å². The van der Waals surface area contributed by atoms with Crippen LogP contribution in [0.25, 0.3) is 0 Å². The molecule has 174 valence electrons. The summed E-state index contributed by atoms with van der Waals surface area (Å²) in [7, 11) is 0. The number of aryl methyl sites for hydroxylation is 1. The van der Waals surface area contributed by atoms with Gasteiger partial charge in [0.15, 0.2) is 11.5 Å². The standard InChI is InChI=1S/C25H24N4O5/c1-16-12-18-4-2-3-5-20(18)29(16)25(32)19-7-9-24(31)28(27-19)11-10-23(30)26-14-17-6-8-21-22(13-17)34-15-33-21/h2-9,13,16H,10-12,14-15H2,1H3,(H,26,30)/t16-/m1/s1. The van der Waals surface area contributed by atoms with Crippen LogP contribution in [0, 0.1) is 0 Å². The molecule has 0 spiro atoms. The third-order valence-electron chi connectivity index (χ3n) is 5.99. The Hall–Kier alpha value is -4.14. The fourth-order valence-corrected chi connectivity index (χ4v) is 4.27. The van der Waals surface area contributed by atoms with E-state index >= 15 is 0 Å². The van der Waals surface area contributed by atoms with Crippen LogP contribution in [0.3, 0.4) is 0 Å². The number of ether oxygens (including phenoxy) is 2. The Kier molecular flexibility index (Phi) is 5.75. The van der Waals surface area contributed by atoms with Crippen molar-refractivity contribution in [3.63, 3.8) is 0 Å². The maximum absolute atomic E-state index is 13.2. The highest BCUT2D eigenvalue weighted by molar-refractivity contribution is 6.06. The lowest BCUT2D eigenvalue weighted by Gasteiger charge is -2.22. The van der Waals surface area contributed by atoms with Crippen molar-refractivity contribution >= 4 is 17.5 Å². The van der Waals surface area contributed by atoms with Crippen molar-refractivity contribution in [2.45, 2.75) is 38.9 Å². The van der Waals surface area contributed by atoms with Gasteiger partial charge in [0.25, 0.3) is 11.5 Å². The number of rotatable bonds is 6. The maximum Gasteiger partial charge on any atom is 0.278 e. The van der Waals surface area contributed by atoms with Gasteiger partial charge in [-0.3, -0.25) is 14.4 Å². The van der Waals surface area contributed by atoms with E-state index in [1.54, 1.807) is 11.0 Å². The zero-order valence-corrected chi connectivity index (χ0v) is 18.7. The van der Waals surface area contributed by atoms with Gasteiger partial charge in [-0.05, 0) is 48.7 Å². The number of aromatic nitrogens is 2. The van der Waals surface area contributed by atoms with Gasteiger partial charge in [-0.1, -0.05) is 24.3 Å². The maximum atomic E-state index is 13.2. The van der Waals surface area contributed by atoms with Crippen LogP contribution >= 0.6 is 0 Å². The number of nitrogens with zero attached hydrogens (tertiary/aromatic N) is 3. The first-order valence-corrected chi connectivity index (χ1v) is 11.1. The number of hydrogen-bond acceptors (Lipinski definition) is 6. The normalized spacial score (nSPS) is 15.8. The number of carbonyl (C=O) groups is 2. The second-order valence-electron chi connectivity index (χ2n) is 8.35. The van der Waals surface area contributed by atoms with Crippen LogP contribution in [0.4, 0.5) is 5.69 Å². The summed E-state index contributed by atoms with van der Waals surface area (Å²) >= 11 is 0. The highest BCUT2D eigenvalue weighted by atomic mass is 16.7. The Bertz CT molecular complexity index is 1320. The third-order valence-corrected chi connectivity index (χ3v) is 5.99. The minimum Gasteiger partial charge on any atom is -0.454 e. The van der Waals surface area contributed by atoms with Crippen molar-refractivity contribution in [1.82, 2.24) is 15.1 Å². The van der Waals surface area contributed by atoms with Gasteiger partial charge >= 0.3 is 0 Å². The van der Waals surface area contributed by atoms with Gasteiger partial charge in [0.05, 0.1) is 6.54 Å². The summed E-state index contributed by atoms with van der Waals surface area (Å²) in [6.07, 6.45) is 0.823. The van der Waals surface area contributed by atoms with Crippen LogP contribution in [0.2, 0.25) is 0 Å². The number of nitrogens with one attached hydrogen (secondary N) is 1. The predicted octanol–water partition coefficient (Wildman–Crippen LogP) is 2.27. The number of hydrogen-bond donors (Lipinski definition) is 1. The van der Waals surface area contributed by atoms with Gasteiger partial charge < -0.3 is 19.7 Å². The topological polar surface area (TPSA) is 103 Å². The summed E-state index contributed by atoms with van der Waals surface area (Å²) in [5.41, 5.74) is 2.65. The molecule has 0 saturated heterocycles. The van der Waals surface area contributed by atoms with E-state index in [-0.39, 0.29) is 48.9 Å². The first-order chi connectivity index (χ1) is 16.5. The number of benzene rings is 2. The second-order valence-corrected chi connectivity index (χ2v) is 8.35. The van der Waals surface area contributed by atoms with Crippen molar-refractivity contribution in [1.29, 1.82) is 0 Å². The van der Waals surface area contributed by atoms with Gasteiger partial charge in [0.2, 0.25) is 12.7 Å². The van der Waals surface area contributed by atoms with Crippen molar-refractivity contribution in [3.05, 3.63) is 81.8 Å². The van der Waals surface area contributed by atoms with Gasteiger partial charge in [-0.15, -0.1) is 0 Å². The van der Waals surface area contributed by atoms with Crippen LogP contribution in [-0.2, 0) is 24.3 Å². The number of carbonyl (C=O) groups excluding carboxylic acids is 2. The molecule has 2 aliphatic heterocycles. The van der Waals surface area contributed by atoms with Crippen molar-refractivity contribution in [2.75, 3.05) is 11.7 Å². The lowest BCUT2D eigenvalue weighted by Crippen LogP contribution is -2.38. The Morgan fingerprint density at radius 1 is 1.09 bits per heavy atom. The highest BCUT2D eigenvalue weighted by Gasteiger charge is 2.32. The molecule has 0 radical (unpaired) electrons. The van der Waals surface area contributed by atoms with Crippen molar-refractivity contribution in [2.24, 2.45) is 0 Å². The highest BCUT2D eigenvalue weighted by Crippen LogP contribution is 2.33. The molecule has 0 aliphatic carbocycles. The molecule has 0 fully saturated rings. The van der Waals surface area contributed by atoms with E-state index in [1.807, 2.05) is 43.3 Å². The average Bonchev–Trinajstić information content (AvgIpc) is 3.44. The van der Waals surface area contributed by atoms with E-state index in [0.717, 1.165) is 23.2 Å². The summed E-state index contributed by atoms with van der Waals surface area (Å²) < 4.78 is 11.8. The number of amides is 2. The largest absolute Gasteiger partial charge is 0.454 e. The molecule has 2 amide bonds. The number of anilines is 1. The quantitative estimate of drug-likeness (QED) is 0.606. The number of para-hydroxylation sites is 1. The first-order valence-electron chi connectivity index (χ1n) is 11.1. The Morgan fingerprint density at radius 2 is 1.91 bits per heavy atom. The summed E-state index contributed by atoms with van der Waals surface area (Å²) in [6.45, 7) is 2.57. The van der Waals surface area contributed by atoms with Gasteiger partial charge in [-0.25, -0.2) is 4.68 Å². The molecule has 9 nitrogen and oxygen atoms in total. The van der Waals surface area contributed by atoms with Gasteiger partial charge in [-0.2, -0.15) is 5.10 Å². The molecule has 0 saturated carbocycles. The molecule has 1 aromatic heterocycles. The van der Waals surface area contributed by atoms with Crippen LogP contribution in [-0.4, -0.2) is 34.4 Å². The van der Waals surface area contributed by atoms with E-state index < -0.39 is 0 Å². The lowest BCUT2D eigenvalue weighted by molar-refractivity contribution is -0.121. The minimum absolute atomic E-state index is 0.00552. The molecule has 3 heterocycles. The van der Waals surface area contributed by atoms with Crippen LogP contribution in [0.5, 0.6) is 11.5 Å². The minimum atomic E-state index is -0.366. The van der Waals surface area contributed by atoms with E-state index in [0.29, 0.717) is 18.0 Å². The van der Waals surface area contributed by atoms with Gasteiger partial charge in [0, 0.05) is 30.8 Å². The summed E-state index contributed by atoms with van der Waals surface area (Å²) in [4.78, 5) is 39.6. The first kappa shape index (κ1) is 21.7. The van der Waals surface area contributed by atoms with Crippen LogP contribution < -0.4 is 25.2 Å². The third kappa shape index (κ3) is 4.24. The fraction of sp³-hybridized carbons (Fsp3) is 0.280. The molecule has 3 aromatic rings. The zero-order chi connectivity index (χ0) is 23.7. The second kappa shape index (κ2) is 9.01. The van der Waals surface area contributed by atoms with E-state index in [4.69, 9.17) is 9.47 Å². The van der Waals surface area contributed by atoms with Crippen LogP contribution in [0.1, 0.15) is 35.0 Å². The monoisotopic (exact) mass is 460 g/mol. The molecule has 9 heteroatoms. The average molecular weight is 460 g/mol. The molecule has 2 aromatic carbocycles. The predicted molar refractivity (Wildman–Crippen MR) is 124 cm³/mol. The summed E-state index contributed by atoms with van der Waals surface area (Å²) in [6, 6.07) is 16.0. The molecule has 2 aliphatic rings. The van der Waals surface area contributed by atoms with Crippen molar-refractivity contribution in [3.8, 4) is 11.5 Å². The van der Waals surface area contributed by atoms with E-state index in [9.17, 15) is 14.4 Å². The molecule has 0 unspecified atom stereocenters. The molecular formula is C25H24N4O5. The zero-order valence-electron chi connectivity index (χ0n) is 18.7. The molecule has 34 heavy (non-hydrogen) atoms. The smallest absolute Gasteiger partial charge is 0.278 e. The molecule has 0 bridgehead atoms. The molecular weight excluding hydrogens is 436 g/mol. The Labute approximate surface area is 195 Å². The van der Waals surface area contributed by atoms with Crippen molar-refractivity contribution < 1.29 is 19.1 Å². The van der Waals surface area contributed by atoms with Crippen LogP contribution in [0.15, 0.2) is 59.4 Å². The Balaban J connectivity index is 1.22. The van der Waals surface area contributed by atoms with E-state index in [2.05, 4.69) is 10.4 Å². The fourth-order valence-electron chi connectivity index (χ4n) is 4.27. The SMILES string of the molecule is C[C@@H]1Cc2ccccc2N1C(=O)c1ccc(=O)n(CCC(=O)NCc2ccc3c(c2)OCO3)n1. The number of fused-ring (bicyclic) bond motifs is 2. The van der Waals surface area contributed by atoms with Gasteiger partial charge in [0.1, 0.15) is 5.69 Å². The molecule has 1 N–H and O–H groups in total. The summed E-state index contributed by atoms with van der Waals surface area (Å²) in [5, 5.41) is 7.08. The lowest BCUT2D eigenvalue weighted by atomic mass is 10.1. The molecule has 5 rings (SSSR count). The summed E-state index contributed by atoms with van der Waals surface area (Å²) in [5.74, 6) is 0.837.